The largest absolute Gasteiger partial charge is 0.350 e. The molecule has 160 valence electrons. The van der Waals surface area contributed by atoms with E-state index in [4.69, 9.17) is 0 Å². The Hall–Kier alpha value is -2.77. The van der Waals surface area contributed by atoms with Crippen molar-refractivity contribution < 1.29 is 14.0 Å². The van der Waals surface area contributed by atoms with Crippen LogP contribution < -0.4 is 5.32 Å². The SMILES string of the molecule is O=C(NCC1CCCCC1)c1cn(CC2CC(=O)N(Cc3ccc(F)cc3)C2)nn1. The lowest BCUT2D eigenvalue weighted by molar-refractivity contribution is -0.128. The Bertz CT molecular complexity index is 876. The Morgan fingerprint density at radius 2 is 1.90 bits per heavy atom. The highest BCUT2D eigenvalue weighted by Gasteiger charge is 2.30. The Balaban J connectivity index is 1.26. The predicted molar refractivity (Wildman–Crippen MR) is 109 cm³/mol. The van der Waals surface area contributed by atoms with Crippen molar-refractivity contribution >= 4 is 11.8 Å². The second kappa shape index (κ2) is 9.36. The van der Waals surface area contributed by atoms with Crippen molar-refractivity contribution in [1.29, 1.82) is 0 Å². The molecule has 2 amide bonds. The molecule has 1 aromatic carbocycles. The van der Waals surface area contributed by atoms with E-state index < -0.39 is 0 Å². The number of carbonyl (C=O) groups is 2. The quantitative estimate of drug-likeness (QED) is 0.757. The van der Waals surface area contributed by atoms with Gasteiger partial charge >= 0.3 is 0 Å². The van der Waals surface area contributed by atoms with E-state index in [9.17, 15) is 14.0 Å². The molecule has 1 aliphatic heterocycles. The van der Waals surface area contributed by atoms with E-state index in [1.807, 2.05) is 0 Å². The smallest absolute Gasteiger partial charge is 0.273 e. The summed E-state index contributed by atoms with van der Waals surface area (Å²) in [7, 11) is 0. The normalized spacial score (nSPS) is 20.0. The number of hydrogen-bond donors (Lipinski definition) is 1. The molecule has 2 aliphatic rings. The zero-order chi connectivity index (χ0) is 20.9. The van der Waals surface area contributed by atoms with Crippen LogP contribution >= 0.6 is 0 Å². The van der Waals surface area contributed by atoms with E-state index in [2.05, 4.69) is 15.6 Å². The van der Waals surface area contributed by atoms with Crippen LogP contribution in [0.25, 0.3) is 0 Å². The van der Waals surface area contributed by atoms with E-state index in [0.29, 0.717) is 44.2 Å². The minimum absolute atomic E-state index is 0.0786. The number of hydrogen-bond acceptors (Lipinski definition) is 4. The molecule has 0 bridgehead atoms. The highest BCUT2D eigenvalue weighted by atomic mass is 19.1. The lowest BCUT2D eigenvalue weighted by Crippen LogP contribution is -2.30. The maximum atomic E-state index is 13.1. The fourth-order valence-corrected chi connectivity index (χ4v) is 4.41. The molecule has 1 unspecified atom stereocenters. The predicted octanol–water partition coefficient (Wildman–Crippen LogP) is 2.78. The molecule has 2 heterocycles. The molecule has 1 atom stereocenters. The van der Waals surface area contributed by atoms with Gasteiger partial charge in [-0.1, -0.05) is 36.6 Å². The van der Waals surface area contributed by atoms with E-state index in [1.54, 1.807) is 27.9 Å². The van der Waals surface area contributed by atoms with Crippen molar-refractivity contribution in [3.05, 3.63) is 47.5 Å². The second-order valence-electron chi connectivity index (χ2n) is 8.51. The molecule has 4 rings (SSSR count). The monoisotopic (exact) mass is 413 g/mol. The summed E-state index contributed by atoms with van der Waals surface area (Å²) in [6.07, 6.45) is 8.23. The average Bonchev–Trinajstić information content (AvgIpc) is 3.35. The molecule has 1 saturated carbocycles. The number of benzene rings is 1. The van der Waals surface area contributed by atoms with Gasteiger partial charge in [-0.3, -0.25) is 14.3 Å². The van der Waals surface area contributed by atoms with Crippen molar-refractivity contribution in [3.8, 4) is 0 Å². The standard InChI is InChI=1S/C22H28FN5O2/c23-19-8-6-17(7-9-19)12-27-13-18(10-21(27)29)14-28-15-20(25-26-28)22(30)24-11-16-4-2-1-3-5-16/h6-9,15-16,18H,1-5,10-14H2,(H,24,30). The van der Waals surface area contributed by atoms with Crippen LogP contribution in [-0.4, -0.2) is 44.8 Å². The van der Waals surface area contributed by atoms with Crippen LogP contribution in [-0.2, 0) is 17.9 Å². The average molecular weight is 413 g/mol. The summed E-state index contributed by atoms with van der Waals surface area (Å²) in [4.78, 5) is 26.5. The maximum Gasteiger partial charge on any atom is 0.273 e. The van der Waals surface area contributed by atoms with Crippen molar-refractivity contribution in [3.63, 3.8) is 0 Å². The Morgan fingerprint density at radius 1 is 1.13 bits per heavy atom. The first-order chi connectivity index (χ1) is 14.6. The first-order valence-electron chi connectivity index (χ1n) is 10.8. The van der Waals surface area contributed by atoms with Gasteiger partial charge in [0.1, 0.15) is 5.82 Å². The summed E-state index contributed by atoms with van der Waals surface area (Å²) in [6.45, 7) is 2.32. The molecule has 1 aromatic heterocycles. The maximum absolute atomic E-state index is 13.1. The van der Waals surface area contributed by atoms with Crippen molar-refractivity contribution in [2.75, 3.05) is 13.1 Å². The summed E-state index contributed by atoms with van der Waals surface area (Å²) in [5.41, 5.74) is 1.22. The van der Waals surface area contributed by atoms with Gasteiger partial charge in [0, 0.05) is 38.5 Å². The first-order valence-corrected chi connectivity index (χ1v) is 10.8. The molecule has 1 aliphatic carbocycles. The van der Waals surface area contributed by atoms with Crippen molar-refractivity contribution in [2.24, 2.45) is 11.8 Å². The third-order valence-electron chi connectivity index (χ3n) is 6.07. The molecule has 7 nitrogen and oxygen atoms in total. The number of nitrogens with one attached hydrogen (secondary N) is 1. The Morgan fingerprint density at radius 3 is 2.67 bits per heavy atom. The number of carbonyl (C=O) groups excluding carboxylic acids is 2. The minimum Gasteiger partial charge on any atom is -0.350 e. The molecule has 1 saturated heterocycles. The number of halogens is 1. The molecule has 2 fully saturated rings. The van der Waals surface area contributed by atoms with Crippen LogP contribution in [0.1, 0.15) is 54.6 Å². The summed E-state index contributed by atoms with van der Waals surface area (Å²) in [5.74, 6) is 0.281. The Labute approximate surface area is 175 Å². The first kappa shape index (κ1) is 20.5. The van der Waals surface area contributed by atoms with Crippen LogP contribution in [0, 0.1) is 17.7 Å². The van der Waals surface area contributed by atoms with E-state index >= 15 is 0 Å². The number of nitrogens with zero attached hydrogens (tertiary/aromatic N) is 4. The van der Waals surface area contributed by atoms with Gasteiger partial charge < -0.3 is 10.2 Å². The van der Waals surface area contributed by atoms with Crippen LogP contribution in [0.4, 0.5) is 4.39 Å². The minimum atomic E-state index is -0.283. The van der Waals surface area contributed by atoms with Crippen LogP contribution in [0.15, 0.2) is 30.5 Å². The fourth-order valence-electron chi connectivity index (χ4n) is 4.41. The lowest BCUT2D eigenvalue weighted by atomic mass is 9.89. The lowest BCUT2D eigenvalue weighted by Gasteiger charge is -2.21. The molecule has 1 N–H and O–H groups in total. The van der Waals surface area contributed by atoms with E-state index in [0.717, 1.165) is 5.56 Å². The second-order valence-corrected chi connectivity index (χ2v) is 8.51. The van der Waals surface area contributed by atoms with E-state index in [-0.39, 0.29) is 23.5 Å². The number of likely N-dealkylation sites (tertiary alicyclic amines) is 1. The van der Waals surface area contributed by atoms with Crippen LogP contribution in [0.3, 0.4) is 0 Å². The third kappa shape index (κ3) is 5.23. The van der Waals surface area contributed by atoms with Gasteiger partial charge in [-0.15, -0.1) is 5.10 Å². The molecular weight excluding hydrogens is 385 g/mol. The van der Waals surface area contributed by atoms with Gasteiger partial charge in [0.2, 0.25) is 5.91 Å². The number of aromatic nitrogens is 3. The zero-order valence-electron chi connectivity index (χ0n) is 17.1. The molecule has 30 heavy (non-hydrogen) atoms. The molecule has 0 radical (unpaired) electrons. The van der Waals surface area contributed by atoms with Gasteiger partial charge in [-0.2, -0.15) is 0 Å². The van der Waals surface area contributed by atoms with Gasteiger partial charge in [0.15, 0.2) is 5.69 Å². The molecule has 8 heteroatoms. The van der Waals surface area contributed by atoms with Crippen molar-refractivity contribution in [1.82, 2.24) is 25.2 Å². The van der Waals surface area contributed by atoms with Crippen LogP contribution in [0.2, 0.25) is 0 Å². The fraction of sp³-hybridized carbons (Fsp3) is 0.545. The molecule has 0 spiro atoms. The van der Waals surface area contributed by atoms with Gasteiger partial charge in [-0.05, 0) is 36.5 Å². The third-order valence-corrected chi connectivity index (χ3v) is 6.07. The van der Waals surface area contributed by atoms with E-state index in [1.165, 1.54) is 44.2 Å². The summed E-state index contributed by atoms with van der Waals surface area (Å²) in [5, 5.41) is 11.1. The van der Waals surface area contributed by atoms with Gasteiger partial charge in [0.25, 0.3) is 5.91 Å². The molecule has 2 aromatic rings. The van der Waals surface area contributed by atoms with Crippen LogP contribution in [0.5, 0.6) is 0 Å². The van der Waals surface area contributed by atoms with Gasteiger partial charge in [-0.25, -0.2) is 4.39 Å². The summed E-state index contributed by atoms with van der Waals surface area (Å²) in [6, 6.07) is 6.21. The zero-order valence-corrected chi connectivity index (χ0v) is 17.1. The number of rotatable bonds is 7. The summed E-state index contributed by atoms with van der Waals surface area (Å²) < 4.78 is 14.7. The summed E-state index contributed by atoms with van der Waals surface area (Å²) >= 11 is 0. The molecular formula is C22H28FN5O2. The Kier molecular flexibility index (Phi) is 6.40. The van der Waals surface area contributed by atoms with Crippen molar-refractivity contribution in [2.45, 2.75) is 51.6 Å². The highest BCUT2D eigenvalue weighted by Crippen LogP contribution is 2.23. The highest BCUT2D eigenvalue weighted by molar-refractivity contribution is 5.91. The van der Waals surface area contributed by atoms with Gasteiger partial charge in [0.05, 0.1) is 6.20 Å². The number of amides is 2. The topological polar surface area (TPSA) is 80.1 Å².